The molecule has 2 aliphatic rings. The Balaban J connectivity index is 2.29. The van der Waals surface area contributed by atoms with Gasteiger partial charge in [0.1, 0.15) is 30.3 Å². The van der Waals surface area contributed by atoms with Gasteiger partial charge in [-0.05, 0) is 0 Å². The van der Waals surface area contributed by atoms with Crippen LogP contribution in [0.25, 0.3) is 0 Å². The number of esters is 2. The molecule has 1 unspecified atom stereocenters. The first kappa shape index (κ1) is 18.2. The van der Waals surface area contributed by atoms with Crippen LogP contribution in [0.3, 0.4) is 0 Å². The van der Waals surface area contributed by atoms with Crippen LogP contribution >= 0.6 is 11.8 Å². The fourth-order valence-electron chi connectivity index (χ4n) is 2.33. The largest absolute Gasteiger partial charge is 0.460 e. The zero-order valence-corrected chi connectivity index (χ0v) is 13.7. The first-order valence-corrected chi connectivity index (χ1v) is 8.01. The maximum Gasteiger partial charge on any atom is 0.356 e. The van der Waals surface area contributed by atoms with Gasteiger partial charge in [0.05, 0.1) is 12.5 Å². The molecule has 0 saturated carbocycles. The minimum atomic E-state index is -1.24. The van der Waals surface area contributed by atoms with Gasteiger partial charge in [0, 0.05) is 4.91 Å². The number of nitrogens with two attached hydrogens (primary N) is 1. The molecule has 1 fully saturated rings. The van der Waals surface area contributed by atoms with Crippen LogP contribution in [-0.2, 0) is 23.9 Å². The zero-order chi connectivity index (χ0) is 17.9. The Bertz CT molecular complexity index is 617. The summed E-state index contributed by atoms with van der Waals surface area (Å²) in [6.45, 7) is 6.45. The topological polar surface area (TPSA) is 119 Å². The van der Waals surface area contributed by atoms with Crippen molar-refractivity contribution in [2.45, 2.75) is 11.4 Å². The van der Waals surface area contributed by atoms with Gasteiger partial charge in [0.15, 0.2) is 0 Å². The SMILES string of the molecule is C=CCOC(=O)C1=C(C(N)C(=O)OCC=C)S[C@@H]2[C@@H](CO)C(=O)N12. The van der Waals surface area contributed by atoms with E-state index in [4.69, 9.17) is 15.2 Å². The highest BCUT2D eigenvalue weighted by Crippen LogP contribution is 2.50. The highest BCUT2D eigenvalue weighted by atomic mass is 32.2. The number of fused-ring (bicyclic) bond motifs is 1. The minimum Gasteiger partial charge on any atom is -0.460 e. The summed E-state index contributed by atoms with van der Waals surface area (Å²) in [5.74, 6) is -2.59. The van der Waals surface area contributed by atoms with Crippen LogP contribution in [0.5, 0.6) is 0 Å². The molecule has 0 aromatic rings. The van der Waals surface area contributed by atoms with E-state index in [0.717, 1.165) is 11.8 Å². The van der Waals surface area contributed by atoms with Crippen molar-refractivity contribution in [3.05, 3.63) is 35.9 Å². The highest BCUT2D eigenvalue weighted by molar-refractivity contribution is 8.04. The first-order chi connectivity index (χ1) is 11.5. The molecule has 1 saturated heterocycles. The van der Waals surface area contributed by atoms with Gasteiger partial charge in [0.25, 0.3) is 0 Å². The Morgan fingerprint density at radius 3 is 2.54 bits per heavy atom. The van der Waals surface area contributed by atoms with E-state index in [-0.39, 0.29) is 30.4 Å². The van der Waals surface area contributed by atoms with E-state index in [1.54, 1.807) is 0 Å². The summed E-state index contributed by atoms with van der Waals surface area (Å²) < 4.78 is 9.87. The molecule has 3 atom stereocenters. The Labute approximate surface area is 142 Å². The third kappa shape index (κ3) is 3.10. The second kappa shape index (κ2) is 7.65. The van der Waals surface area contributed by atoms with Crippen molar-refractivity contribution >= 4 is 29.6 Å². The zero-order valence-electron chi connectivity index (χ0n) is 12.8. The van der Waals surface area contributed by atoms with Gasteiger partial charge < -0.3 is 20.3 Å². The Hall–Kier alpha value is -2.10. The number of amides is 1. The number of aliphatic hydroxyl groups is 1. The number of carbonyl (C=O) groups excluding carboxylic acids is 3. The molecule has 130 valence electrons. The van der Waals surface area contributed by atoms with E-state index in [9.17, 15) is 19.5 Å². The smallest absolute Gasteiger partial charge is 0.356 e. The van der Waals surface area contributed by atoms with Gasteiger partial charge >= 0.3 is 11.9 Å². The average molecular weight is 354 g/mol. The number of hydrogen-bond acceptors (Lipinski definition) is 8. The lowest BCUT2D eigenvalue weighted by Crippen LogP contribution is -2.58. The van der Waals surface area contributed by atoms with Crippen molar-refractivity contribution in [2.24, 2.45) is 11.7 Å². The highest BCUT2D eigenvalue weighted by Gasteiger charge is 2.57. The van der Waals surface area contributed by atoms with E-state index < -0.39 is 35.2 Å². The molecule has 1 amide bonds. The van der Waals surface area contributed by atoms with Crippen LogP contribution in [0, 0.1) is 5.92 Å². The number of aliphatic hydroxyl groups excluding tert-OH is 1. The molecule has 0 radical (unpaired) electrons. The summed E-state index contributed by atoms with van der Waals surface area (Å²) in [5.41, 5.74) is 5.81. The second-order valence-corrected chi connectivity index (χ2v) is 6.16. The molecule has 2 aliphatic heterocycles. The number of thioether (sulfide) groups is 1. The fourth-order valence-corrected chi connectivity index (χ4v) is 3.81. The summed E-state index contributed by atoms with van der Waals surface area (Å²) in [7, 11) is 0. The van der Waals surface area contributed by atoms with Crippen molar-refractivity contribution < 1.29 is 29.0 Å². The number of rotatable bonds is 8. The number of nitrogens with zero attached hydrogens (tertiary/aromatic N) is 1. The molecular weight excluding hydrogens is 336 g/mol. The van der Waals surface area contributed by atoms with Crippen molar-refractivity contribution in [2.75, 3.05) is 19.8 Å². The van der Waals surface area contributed by atoms with Gasteiger partial charge in [-0.2, -0.15) is 0 Å². The van der Waals surface area contributed by atoms with E-state index in [1.165, 1.54) is 17.1 Å². The normalized spacial score (nSPS) is 23.2. The van der Waals surface area contributed by atoms with E-state index in [1.807, 2.05) is 0 Å². The quantitative estimate of drug-likeness (QED) is 0.340. The van der Waals surface area contributed by atoms with Gasteiger partial charge in [-0.1, -0.05) is 37.1 Å². The number of carbonyl (C=O) groups is 3. The lowest BCUT2D eigenvalue weighted by Gasteiger charge is -2.41. The first-order valence-electron chi connectivity index (χ1n) is 7.13. The van der Waals surface area contributed by atoms with Crippen molar-refractivity contribution in [1.82, 2.24) is 4.90 Å². The average Bonchev–Trinajstić information content (AvgIpc) is 2.92. The van der Waals surface area contributed by atoms with Crippen molar-refractivity contribution in [3.8, 4) is 0 Å². The third-order valence-electron chi connectivity index (χ3n) is 3.48. The standard InChI is InChI=1S/C15H18N2O6S/c1-3-5-22-14(20)9(16)11-10(15(21)23-6-4-2)17-12(19)8(7-18)13(17)24-11/h3-4,8-9,13,18H,1-2,5-7,16H2/t8-,9?,13+/m0/s1. The molecular formula is C15H18N2O6S. The molecule has 0 aliphatic carbocycles. The molecule has 0 aromatic heterocycles. The van der Waals surface area contributed by atoms with Crippen LogP contribution in [-0.4, -0.2) is 59.1 Å². The molecule has 8 nitrogen and oxygen atoms in total. The van der Waals surface area contributed by atoms with E-state index in [0.29, 0.717) is 0 Å². The molecule has 2 heterocycles. The number of ether oxygens (including phenoxy) is 2. The van der Waals surface area contributed by atoms with Crippen LogP contribution in [0.1, 0.15) is 0 Å². The molecule has 0 bridgehead atoms. The predicted molar refractivity (Wildman–Crippen MR) is 86.1 cm³/mol. The van der Waals surface area contributed by atoms with Crippen LogP contribution < -0.4 is 5.73 Å². The molecule has 0 spiro atoms. The second-order valence-electron chi connectivity index (χ2n) is 5.00. The summed E-state index contributed by atoms with van der Waals surface area (Å²) in [6, 6.07) is -1.24. The van der Waals surface area contributed by atoms with Crippen molar-refractivity contribution in [3.63, 3.8) is 0 Å². The maximum absolute atomic E-state index is 12.3. The van der Waals surface area contributed by atoms with Gasteiger partial charge in [-0.3, -0.25) is 9.69 Å². The summed E-state index contributed by atoms with van der Waals surface area (Å²) >= 11 is 1.08. The summed E-state index contributed by atoms with van der Waals surface area (Å²) in [5, 5.41) is 8.79. The van der Waals surface area contributed by atoms with E-state index in [2.05, 4.69) is 13.2 Å². The van der Waals surface area contributed by atoms with Gasteiger partial charge in [-0.15, -0.1) is 0 Å². The van der Waals surface area contributed by atoms with Crippen molar-refractivity contribution in [1.29, 1.82) is 0 Å². The molecule has 9 heteroatoms. The van der Waals surface area contributed by atoms with Gasteiger partial charge in [-0.25, -0.2) is 9.59 Å². The Kier molecular flexibility index (Phi) is 5.81. The lowest BCUT2D eigenvalue weighted by atomic mass is 9.98. The maximum atomic E-state index is 12.3. The molecule has 24 heavy (non-hydrogen) atoms. The fraction of sp³-hybridized carbons (Fsp3) is 0.400. The minimum absolute atomic E-state index is 0.0218. The summed E-state index contributed by atoms with van der Waals surface area (Å²) in [4.78, 5) is 37.7. The Morgan fingerprint density at radius 1 is 1.33 bits per heavy atom. The summed E-state index contributed by atoms with van der Waals surface area (Å²) in [6.07, 6.45) is 2.77. The monoisotopic (exact) mass is 354 g/mol. The molecule has 0 aromatic carbocycles. The third-order valence-corrected chi connectivity index (χ3v) is 4.96. The molecule has 2 rings (SSSR count). The van der Waals surface area contributed by atoms with Crippen LogP contribution in [0.2, 0.25) is 0 Å². The van der Waals surface area contributed by atoms with Crippen LogP contribution in [0.4, 0.5) is 0 Å². The number of β-lactam (4-membered cyclic amide) rings is 1. The molecule has 3 N–H and O–H groups in total. The Morgan fingerprint density at radius 2 is 1.96 bits per heavy atom. The van der Waals surface area contributed by atoms with E-state index >= 15 is 0 Å². The van der Waals surface area contributed by atoms with Crippen LogP contribution in [0.15, 0.2) is 35.9 Å². The predicted octanol–water partition coefficient (Wildman–Crippen LogP) is -0.493. The van der Waals surface area contributed by atoms with Gasteiger partial charge in [0.2, 0.25) is 5.91 Å². The lowest BCUT2D eigenvalue weighted by molar-refractivity contribution is -0.155. The number of hydrogen-bond donors (Lipinski definition) is 2.